The van der Waals surface area contributed by atoms with E-state index < -0.39 is 0 Å². The van der Waals surface area contributed by atoms with E-state index in [1.165, 1.54) is 12.7 Å². The van der Waals surface area contributed by atoms with E-state index in [0.29, 0.717) is 34.6 Å². The lowest BCUT2D eigenvalue weighted by atomic mass is 10.1. The number of aryl methyl sites for hydroxylation is 2. The number of methoxy groups -OCH3 is 1. The normalized spacial score (nSPS) is 10.4. The predicted octanol–water partition coefficient (Wildman–Crippen LogP) is 4.62. The Bertz CT molecular complexity index is 990. The molecule has 3 aromatic rings. The molecule has 0 saturated heterocycles. The molecule has 144 valence electrons. The molecule has 0 bridgehead atoms. The molecule has 0 radical (unpaired) electrons. The highest BCUT2D eigenvalue weighted by molar-refractivity contribution is 6.32. The van der Waals surface area contributed by atoms with Crippen molar-refractivity contribution in [3.63, 3.8) is 0 Å². The topological polar surface area (TPSA) is 76.1 Å². The van der Waals surface area contributed by atoms with Crippen LogP contribution in [0.4, 0.5) is 11.6 Å². The van der Waals surface area contributed by atoms with E-state index in [1.54, 1.807) is 24.3 Å². The maximum atomic E-state index is 12.6. The summed E-state index contributed by atoms with van der Waals surface area (Å²) in [5.74, 6) is 0.601. The fraction of sp³-hybridized carbons (Fsp3) is 0.190. The minimum atomic E-state index is -0.342. The van der Waals surface area contributed by atoms with Crippen molar-refractivity contribution >= 4 is 29.1 Å². The molecular formula is C21H21ClN4O2. The van der Waals surface area contributed by atoms with Gasteiger partial charge >= 0.3 is 0 Å². The van der Waals surface area contributed by atoms with E-state index in [2.05, 4.69) is 20.6 Å². The van der Waals surface area contributed by atoms with Gasteiger partial charge in [-0.1, -0.05) is 41.4 Å². The number of aromatic nitrogens is 2. The number of halogens is 1. The first-order chi connectivity index (χ1) is 13.4. The van der Waals surface area contributed by atoms with Crippen LogP contribution in [0.1, 0.15) is 27.3 Å². The van der Waals surface area contributed by atoms with E-state index in [-0.39, 0.29) is 11.6 Å². The lowest BCUT2D eigenvalue weighted by Crippen LogP contribution is -2.16. The molecule has 0 saturated carbocycles. The van der Waals surface area contributed by atoms with Crippen molar-refractivity contribution < 1.29 is 9.53 Å². The van der Waals surface area contributed by atoms with Crippen LogP contribution >= 0.6 is 11.6 Å². The van der Waals surface area contributed by atoms with Gasteiger partial charge in [0.2, 0.25) is 5.95 Å². The summed E-state index contributed by atoms with van der Waals surface area (Å²) in [6.45, 7) is 4.43. The number of ether oxygens (including phenoxy) is 1. The SMILES string of the molecule is COc1ccc(NC(=O)c2cc(C)nc(NCc3ccc(C)cc3)n2)cc1Cl. The third-order valence-corrected chi connectivity index (χ3v) is 4.36. The van der Waals surface area contributed by atoms with Crippen LogP contribution in [0.2, 0.25) is 5.02 Å². The van der Waals surface area contributed by atoms with Gasteiger partial charge < -0.3 is 15.4 Å². The smallest absolute Gasteiger partial charge is 0.274 e. The monoisotopic (exact) mass is 396 g/mol. The maximum Gasteiger partial charge on any atom is 0.274 e. The quantitative estimate of drug-likeness (QED) is 0.635. The number of anilines is 2. The van der Waals surface area contributed by atoms with E-state index in [0.717, 1.165) is 5.56 Å². The van der Waals surface area contributed by atoms with E-state index in [9.17, 15) is 4.79 Å². The Balaban J connectivity index is 1.72. The van der Waals surface area contributed by atoms with Gasteiger partial charge in [0.25, 0.3) is 5.91 Å². The molecule has 6 nitrogen and oxygen atoms in total. The Kier molecular flexibility index (Phi) is 6.11. The molecule has 2 N–H and O–H groups in total. The number of nitrogens with zero attached hydrogens (tertiary/aromatic N) is 2. The van der Waals surface area contributed by atoms with Crippen LogP contribution in [-0.4, -0.2) is 23.0 Å². The summed E-state index contributed by atoms with van der Waals surface area (Å²) in [7, 11) is 1.54. The van der Waals surface area contributed by atoms with Gasteiger partial charge in [0, 0.05) is 17.9 Å². The standard InChI is InChI=1S/C21H21ClN4O2/c1-13-4-6-15(7-5-13)12-23-21-24-14(2)10-18(26-21)20(27)25-16-8-9-19(28-3)17(22)11-16/h4-11H,12H2,1-3H3,(H,25,27)(H,23,24,26). The number of carbonyl (C=O) groups excluding carboxylic acids is 1. The first-order valence-electron chi connectivity index (χ1n) is 8.74. The molecule has 2 aromatic carbocycles. The number of carbonyl (C=O) groups is 1. The highest BCUT2D eigenvalue weighted by Gasteiger charge is 2.12. The second-order valence-corrected chi connectivity index (χ2v) is 6.77. The largest absolute Gasteiger partial charge is 0.495 e. The van der Waals surface area contributed by atoms with Gasteiger partial charge in [-0.05, 0) is 43.7 Å². The van der Waals surface area contributed by atoms with E-state index >= 15 is 0 Å². The van der Waals surface area contributed by atoms with Crippen molar-refractivity contribution in [2.24, 2.45) is 0 Å². The average Bonchev–Trinajstić information content (AvgIpc) is 2.67. The number of hydrogen-bond acceptors (Lipinski definition) is 5. The van der Waals surface area contributed by atoms with Crippen LogP contribution < -0.4 is 15.4 Å². The molecule has 1 heterocycles. The molecule has 0 spiro atoms. The van der Waals surface area contributed by atoms with Crippen LogP contribution in [0.25, 0.3) is 0 Å². The van der Waals surface area contributed by atoms with Gasteiger partial charge in [-0.2, -0.15) is 0 Å². The molecular weight excluding hydrogens is 376 g/mol. The van der Waals surface area contributed by atoms with Crippen LogP contribution in [0.5, 0.6) is 5.75 Å². The van der Waals surface area contributed by atoms with Crippen molar-refractivity contribution in [1.82, 2.24) is 9.97 Å². The number of amides is 1. The average molecular weight is 397 g/mol. The van der Waals surface area contributed by atoms with Gasteiger partial charge in [-0.15, -0.1) is 0 Å². The first-order valence-corrected chi connectivity index (χ1v) is 9.12. The molecule has 0 aliphatic rings. The zero-order chi connectivity index (χ0) is 20.1. The van der Waals surface area contributed by atoms with Gasteiger partial charge in [0.05, 0.1) is 12.1 Å². The minimum Gasteiger partial charge on any atom is -0.495 e. The van der Waals surface area contributed by atoms with Gasteiger partial charge in [0.15, 0.2) is 0 Å². The van der Waals surface area contributed by atoms with Crippen molar-refractivity contribution in [2.45, 2.75) is 20.4 Å². The molecule has 0 unspecified atom stereocenters. The summed E-state index contributed by atoms with van der Waals surface area (Å²) in [6.07, 6.45) is 0. The summed E-state index contributed by atoms with van der Waals surface area (Å²) in [4.78, 5) is 21.3. The van der Waals surface area contributed by atoms with Gasteiger partial charge in [-0.25, -0.2) is 9.97 Å². The molecule has 7 heteroatoms. The van der Waals surface area contributed by atoms with E-state index in [4.69, 9.17) is 16.3 Å². The first kappa shape index (κ1) is 19.6. The molecule has 1 aromatic heterocycles. The van der Waals surface area contributed by atoms with Crippen LogP contribution in [-0.2, 0) is 6.54 Å². The van der Waals surface area contributed by atoms with Crippen molar-refractivity contribution in [1.29, 1.82) is 0 Å². The molecule has 3 rings (SSSR count). The van der Waals surface area contributed by atoms with Crippen molar-refractivity contribution in [3.05, 3.63) is 76.1 Å². The molecule has 0 aliphatic carbocycles. The van der Waals surface area contributed by atoms with Crippen molar-refractivity contribution in [2.75, 3.05) is 17.7 Å². The third kappa shape index (κ3) is 4.98. The summed E-state index contributed by atoms with van der Waals surface area (Å²) in [5, 5.41) is 6.37. The fourth-order valence-corrected chi connectivity index (χ4v) is 2.85. The number of rotatable bonds is 6. The van der Waals surface area contributed by atoms with E-state index in [1.807, 2.05) is 38.1 Å². The fourth-order valence-electron chi connectivity index (χ4n) is 2.59. The minimum absolute atomic E-state index is 0.269. The van der Waals surface area contributed by atoms with Crippen LogP contribution in [0, 0.1) is 13.8 Å². The third-order valence-electron chi connectivity index (χ3n) is 4.07. The maximum absolute atomic E-state index is 12.6. The molecule has 0 fully saturated rings. The number of benzene rings is 2. The van der Waals surface area contributed by atoms with Gasteiger partial charge in [-0.3, -0.25) is 4.79 Å². The summed E-state index contributed by atoms with van der Waals surface area (Å²) in [6, 6.07) is 14.9. The highest BCUT2D eigenvalue weighted by atomic mass is 35.5. The molecule has 0 atom stereocenters. The van der Waals surface area contributed by atoms with Crippen LogP contribution in [0.3, 0.4) is 0 Å². The summed E-state index contributed by atoms with van der Waals surface area (Å²) >= 11 is 6.11. The second kappa shape index (κ2) is 8.71. The lowest BCUT2D eigenvalue weighted by Gasteiger charge is -2.10. The zero-order valence-corrected chi connectivity index (χ0v) is 16.7. The Hall–Kier alpha value is -3.12. The Labute approximate surface area is 168 Å². The number of nitrogens with one attached hydrogen (secondary N) is 2. The summed E-state index contributed by atoms with van der Waals surface area (Å²) < 4.78 is 5.12. The highest BCUT2D eigenvalue weighted by Crippen LogP contribution is 2.27. The molecule has 1 amide bonds. The summed E-state index contributed by atoms with van der Waals surface area (Å²) in [5.41, 5.74) is 3.83. The number of hydrogen-bond donors (Lipinski definition) is 2. The lowest BCUT2D eigenvalue weighted by molar-refractivity contribution is 0.102. The molecule has 28 heavy (non-hydrogen) atoms. The Morgan fingerprint density at radius 1 is 1.07 bits per heavy atom. The molecule has 0 aliphatic heterocycles. The van der Waals surface area contributed by atoms with Gasteiger partial charge in [0.1, 0.15) is 11.4 Å². The Morgan fingerprint density at radius 3 is 2.50 bits per heavy atom. The Morgan fingerprint density at radius 2 is 1.82 bits per heavy atom. The van der Waals surface area contributed by atoms with Crippen molar-refractivity contribution in [3.8, 4) is 5.75 Å². The van der Waals surface area contributed by atoms with Crippen LogP contribution in [0.15, 0.2) is 48.5 Å². The zero-order valence-electron chi connectivity index (χ0n) is 15.9. The predicted molar refractivity (Wildman–Crippen MR) is 111 cm³/mol. The second-order valence-electron chi connectivity index (χ2n) is 6.36.